The normalized spacial score (nSPS) is 14.0. The summed E-state index contributed by atoms with van der Waals surface area (Å²) < 4.78 is 30.6. The van der Waals surface area contributed by atoms with Crippen LogP contribution in [0.1, 0.15) is 12.8 Å². The number of carbonyl (C=O) groups is 1. The number of hydrogen-bond acceptors (Lipinski definition) is 5. The highest BCUT2D eigenvalue weighted by atomic mass is 32.2. The number of benzene rings is 2. The van der Waals surface area contributed by atoms with Crippen molar-refractivity contribution in [3.63, 3.8) is 0 Å². The Balaban J connectivity index is 1.70. The number of sulfonamides is 1. The second-order valence-corrected chi connectivity index (χ2v) is 8.67. The molecule has 0 unspecified atom stereocenters. The van der Waals surface area contributed by atoms with E-state index in [1.807, 2.05) is 24.3 Å². The Morgan fingerprint density at radius 1 is 1.14 bits per heavy atom. The highest BCUT2D eigenvalue weighted by Gasteiger charge is 2.21. The van der Waals surface area contributed by atoms with Gasteiger partial charge in [0.1, 0.15) is 12.3 Å². The van der Waals surface area contributed by atoms with Crippen molar-refractivity contribution in [2.75, 3.05) is 47.5 Å². The van der Waals surface area contributed by atoms with Gasteiger partial charge in [-0.1, -0.05) is 6.07 Å². The highest BCUT2D eigenvalue weighted by Crippen LogP contribution is 2.24. The number of rotatable bonds is 7. The van der Waals surface area contributed by atoms with Crippen molar-refractivity contribution in [2.45, 2.75) is 12.8 Å². The minimum Gasteiger partial charge on any atom is -0.497 e. The molecule has 150 valence electrons. The van der Waals surface area contributed by atoms with Gasteiger partial charge in [0.15, 0.2) is 0 Å². The lowest BCUT2D eigenvalue weighted by atomic mass is 10.2. The van der Waals surface area contributed by atoms with Crippen molar-refractivity contribution >= 4 is 33.0 Å². The first-order valence-corrected chi connectivity index (χ1v) is 11.0. The largest absolute Gasteiger partial charge is 0.497 e. The van der Waals surface area contributed by atoms with Crippen LogP contribution in [0.5, 0.6) is 5.75 Å². The first-order valence-electron chi connectivity index (χ1n) is 9.13. The minimum atomic E-state index is -3.64. The molecule has 1 fully saturated rings. The van der Waals surface area contributed by atoms with E-state index in [2.05, 4.69) is 10.2 Å². The lowest BCUT2D eigenvalue weighted by Crippen LogP contribution is -2.37. The predicted octanol–water partition coefficient (Wildman–Crippen LogP) is 2.70. The zero-order valence-corrected chi connectivity index (χ0v) is 16.9. The predicted molar refractivity (Wildman–Crippen MR) is 112 cm³/mol. The van der Waals surface area contributed by atoms with Crippen LogP contribution in [0, 0.1) is 0 Å². The van der Waals surface area contributed by atoms with Gasteiger partial charge in [0.2, 0.25) is 15.9 Å². The van der Waals surface area contributed by atoms with E-state index < -0.39 is 15.9 Å². The summed E-state index contributed by atoms with van der Waals surface area (Å²) in [6.45, 7) is 1.78. The Morgan fingerprint density at radius 2 is 1.82 bits per heavy atom. The summed E-state index contributed by atoms with van der Waals surface area (Å²) in [5.74, 6) is 0.103. The van der Waals surface area contributed by atoms with Crippen molar-refractivity contribution in [1.82, 2.24) is 0 Å². The maximum Gasteiger partial charge on any atom is 0.245 e. The van der Waals surface area contributed by atoms with Crippen LogP contribution in [0.3, 0.4) is 0 Å². The number of anilines is 3. The molecule has 0 aliphatic carbocycles. The van der Waals surface area contributed by atoms with E-state index >= 15 is 0 Å². The van der Waals surface area contributed by atoms with Crippen LogP contribution in [-0.2, 0) is 14.8 Å². The zero-order chi connectivity index (χ0) is 20.1. The lowest BCUT2D eigenvalue weighted by Gasteiger charge is -2.22. The van der Waals surface area contributed by atoms with Crippen molar-refractivity contribution in [3.8, 4) is 5.75 Å². The van der Waals surface area contributed by atoms with Gasteiger partial charge in [0.05, 0.1) is 19.1 Å². The number of hydrogen-bond donors (Lipinski definition) is 1. The molecule has 0 radical (unpaired) electrons. The number of methoxy groups -OCH3 is 1. The molecule has 1 heterocycles. The van der Waals surface area contributed by atoms with Crippen LogP contribution in [0.4, 0.5) is 17.1 Å². The standard InChI is InChI=1S/C20H25N3O4S/c1-27-19-7-5-6-18(14-19)23(28(2,25)26)15-20(24)21-16-8-10-17(11-9-16)22-12-3-4-13-22/h5-11,14H,3-4,12-13,15H2,1-2H3,(H,21,24). The number of nitrogens with one attached hydrogen (secondary N) is 1. The molecule has 8 heteroatoms. The quantitative estimate of drug-likeness (QED) is 0.769. The fourth-order valence-corrected chi connectivity index (χ4v) is 4.08. The van der Waals surface area contributed by atoms with Crippen LogP contribution < -0.4 is 19.3 Å². The zero-order valence-electron chi connectivity index (χ0n) is 16.1. The van der Waals surface area contributed by atoms with Gasteiger partial charge in [-0.3, -0.25) is 9.10 Å². The maximum absolute atomic E-state index is 12.5. The van der Waals surface area contributed by atoms with Crippen molar-refractivity contribution in [2.24, 2.45) is 0 Å². The Bertz CT molecular complexity index is 923. The Kier molecular flexibility index (Phi) is 6.08. The average Bonchev–Trinajstić information content (AvgIpc) is 3.20. The third-order valence-corrected chi connectivity index (χ3v) is 5.79. The highest BCUT2D eigenvalue weighted by molar-refractivity contribution is 7.92. The van der Waals surface area contributed by atoms with Gasteiger partial charge in [-0.2, -0.15) is 0 Å². The molecule has 2 aromatic rings. The van der Waals surface area contributed by atoms with Gasteiger partial charge in [-0.25, -0.2) is 8.42 Å². The molecule has 0 spiro atoms. The lowest BCUT2D eigenvalue weighted by molar-refractivity contribution is -0.114. The molecule has 0 bridgehead atoms. The third-order valence-electron chi connectivity index (χ3n) is 4.65. The summed E-state index contributed by atoms with van der Waals surface area (Å²) in [6.07, 6.45) is 3.47. The molecular formula is C20H25N3O4S. The van der Waals surface area contributed by atoms with E-state index in [1.165, 1.54) is 20.0 Å². The van der Waals surface area contributed by atoms with Crippen LogP contribution in [0.2, 0.25) is 0 Å². The van der Waals surface area contributed by atoms with Gasteiger partial charge in [0, 0.05) is 30.5 Å². The maximum atomic E-state index is 12.5. The first kappa shape index (κ1) is 20.0. The van der Waals surface area contributed by atoms with E-state index in [1.54, 1.807) is 24.3 Å². The molecule has 2 aromatic carbocycles. The topological polar surface area (TPSA) is 79.0 Å². The number of ether oxygens (including phenoxy) is 1. The molecule has 7 nitrogen and oxygen atoms in total. The summed E-state index contributed by atoms with van der Waals surface area (Å²) in [4.78, 5) is 14.8. The number of nitrogens with zero attached hydrogens (tertiary/aromatic N) is 2. The molecule has 3 rings (SSSR count). The summed E-state index contributed by atoms with van der Waals surface area (Å²) in [6, 6.07) is 14.2. The van der Waals surface area contributed by atoms with Crippen molar-refractivity contribution in [3.05, 3.63) is 48.5 Å². The molecule has 1 amide bonds. The monoisotopic (exact) mass is 403 g/mol. The smallest absolute Gasteiger partial charge is 0.245 e. The van der Waals surface area contributed by atoms with Crippen LogP contribution in [0.25, 0.3) is 0 Å². The Morgan fingerprint density at radius 3 is 2.43 bits per heavy atom. The van der Waals surface area contributed by atoms with E-state index in [9.17, 15) is 13.2 Å². The van der Waals surface area contributed by atoms with E-state index in [4.69, 9.17) is 4.74 Å². The second kappa shape index (κ2) is 8.52. The SMILES string of the molecule is COc1cccc(N(CC(=O)Nc2ccc(N3CCCC3)cc2)S(C)(=O)=O)c1. The van der Waals surface area contributed by atoms with Crippen molar-refractivity contribution < 1.29 is 17.9 Å². The Labute approximate surface area is 166 Å². The van der Waals surface area contributed by atoms with E-state index in [0.29, 0.717) is 17.1 Å². The van der Waals surface area contributed by atoms with Gasteiger partial charge in [0.25, 0.3) is 0 Å². The second-order valence-electron chi connectivity index (χ2n) is 6.76. The molecule has 1 N–H and O–H groups in total. The average molecular weight is 404 g/mol. The summed E-state index contributed by atoms with van der Waals surface area (Å²) in [5.41, 5.74) is 2.14. The third kappa shape index (κ3) is 4.95. The van der Waals surface area contributed by atoms with Gasteiger partial charge < -0.3 is 15.0 Å². The van der Waals surface area contributed by atoms with Gasteiger partial charge >= 0.3 is 0 Å². The van der Waals surface area contributed by atoms with Crippen LogP contribution >= 0.6 is 0 Å². The molecule has 1 aliphatic heterocycles. The molecular weight excluding hydrogens is 378 g/mol. The molecule has 0 atom stereocenters. The summed E-state index contributed by atoms with van der Waals surface area (Å²) in [5, 5.41) is 2.77. The summed E-state index contributed by atoms with van der Waals surface area (Å²) >= 11 is 0. The fraction of sp³-hybridized carbons (Fsp3) is 0.350. The molecule has 0 aromatic heterocycles. The first-order chi connectivity index (χ1) is 13.4. The van der Waals surface area contributed by atoms with Crippen molar-refractivity contribution in [1.29, 1.82) is 0 Å². The van der Waals surface area contributed by atoms with Crippen LogP contribution in [0.15, 0.2) is 48.5 Å². The molecule has 28 heavy (non-hydrogen) atoms. The Hall–Kier alpha value is -2.74. The van der Waals surface area contributed by atoms with Gasteiger partial charge in [-0.05, 0) is 49.2 Å². The molecule has 0 saturated carbocycles. The van der Waals surface area contributed by atoms with Gasteiger partial charge in [-0.15, -0.1) is 0 Å². The fourth-order valence-electron chi connectivity index (χ4n) is 3.23. The molecule has 1 saturated heterocycles. The molecule has 1 aliphatic rings. The number of carbonyl (C=O) groups excluding carboxylic acids is 1. The van der Waals surface area contributed by atoms with E-state index in [-0.39, 0.29) is 6.54 Å². The number of amides is 1. The van der Waals surface area contributed by atoms with Crippen LogP contribution in [-0.4, -0.2) is 47.3 Å². The summed E-state index contributed by atoms with van der Waals surface area (Å²) in [7, 11) is -2.14. The minimum absolute atomic E-state index is 0.320. The van der Waals surface area contributed by atoms with E-state index in [0.717, 1.165) is 29.3 Å².